The summed E-state index contributed by atoms with van der Waals surface area (Å²) in [4.78, 5) is 31.2. The third-order valence-corrected chi connectivity index (χ3v) is 6.16. The zero-order valence-corrected chi connectivity index (χ0v) is 17.9. The summed E-state index contributed by atoms with van der Waals surface area (Å²) in [7, 11) is 0. The first-order valence-corrected chi connectivity index (χ1v) is 10.7. The molecular weight excluding hydrogens is 396 g/mol. The van der Waals surface area contributed by atoms with Gasteiger partial charge in [-0.3, -0.25) is 9.59 Å². The first-order valence-electron chi connectivity index (χ1n) is 9.92. The quantitative estimate of drug-likeness (QED) is 0.664. The van der Waals surface area contributed by atoms with Crippen molar-refractivity contribution in [1.29, 1.82) is 0 Å². The van der Waals surface area contributed by atoms with E-state index in [2.05, 4.69) is 47.7 Å². The molecule has 0 aliphatic carbocycles. The molecule has 1 saturated heterocycles. The second kappa shape index (κ2) is 8.67. The van der Waals surface area contributed by atoms with Gasteiger partial charge >= 0.3 is 0 Å². The van der Waals surface area contributed by atoms with Crippen LogP contribution in [0.3, 0.4) is 0 Å². The van der Waals surface area contributed by atoms with Crippen molar-refractivity contribution < 1.29 is 9.59 Å². The van der Waals surface area contributed by atoms with Crippen LogP contribution < -0.4 is 15.5 Å². The highest BCUT2D eigenvalue weighted by atomic mass is 32.1. The van der Waals surface area contributed by atoms with Crippen molar-refractivity contribution in [2.75, 3.05) is 24.5 Å². The van der Waals surface area contributed by atoms with E-state index in [0.29, 0.717) is 24.5 Å². The maximum atomic E-state index is 12.6. The van der Waals surface area contributed by atoms with E-state index >= 15 is 0 Å². The minimum absolute atomic E-state index is 0.0438. The summed E-state index contributed by atoms with van der Waals surface area (Å²) in [5.74, 6) is -0.0809. The molecule has 2 aromatic carbocycles. The molecule has 1 aromatic heterocycles. The van der Waals surface area contributed by atoms with Gasteiger partial charge in [-0.05, 0) is 37.1 Å². The van der Waals surface area contributed by atoms with Gasteiger partial charge in [0.2, 0.25) is 5.91 Å². The Morgan fingerprint density at radius 3 is 2.73 bits per heavy atom. The van der Waals surface area contributed by atoms with E-state index < -0.39 is 0 Å². The molecule has 2 amide bonds. The highest BCUT2D eigenvalue weighted by Gasteiger charge is 2.16. The number of aromatic nitrogens is 1. The highest BCUT2D eigenvalue weighted by molar-refractivity contribution is 7.16. The second-order valence-electron chi connectivity index (χ2n) is 7.47. The normalized spacial score (nSPS) is 13.8. The molecule has 1 aliphatic heterocycles. The van der Waals surface area contributed by atoms with E-state index in [9.17, 15) is 9.59 Å². The summed E-state index contributed by atoms with van der Waals surface area (Å²) >= 11 is 1.40. The number of amides is 2. The van der Waals surface area contributed by atoms with E-state index in [1.165, 1.54) is 16.9 Å². The third kappa shape index (κ3) is 4.52. The van der Waals surface area contributed by atoms with Gasteiger partial charge < -0.3 is 15.5 Å². The molecule has 0 spiro atoms. The number of benzene rings is 2. The van der Waals surface area contributed by atoms with Crippen LogP contribution in [0.1, 0.15) is 26.4 Å². The number of anilines is 1. The number of hydrogen-bond acceptors (Lipinski definition) is 5. The predicted molar refractivity (Wildman–Crippen MR) is 120 cm³/mol. The number of rotatable bonds is 5. The minimum Gasteiger partial charge on any atom is -0.360 e. The molecule has 2 heterocycles. The summed E-state index contributed by atoms with van der Waals surface area (Å²) in [6, 6.07) is 14.2. The number of aryl methyl sites for hydroxylation is 2. The van der Waals surface area contributed by atoms with Crippen LogP contribution in [0.4, 0.5) is 5.69 Å². The van der Waals surface area contributed by atoms with Crippen LogP contribution in [0.5, 0.6) is 0 Å². The van der Waals surface area contributed by atoms with E-state index in [1.54, 1.807) is 6.20 Å². The summed E-state index contributed by atoms with van der Waals surface area (Å²) in [5.41, 5.74) is 5.45. The average molecular weight is 421 g/mol. The lowest BCUT2D eigenvalue weighted by Crippen LogP contribution is -2.47. The fraction of sp³-hybridized carbons (Fsp3) is 0.261. The van der Waals surface area contributed by atoms with Gasteiger partial charge in [0.05, 0.1) is 12.7 Å². The van der Waals surface area contributed by atoms with Crippen molar-refractivity contribution >= 4 is 28.8 Å². The fourth-order valence-corrected chi connectivity index (χ4v) is 4.43. The number of nitrogens with zero attached hydrogens (tertiary/aromatic N) is 2. The number of piperazine rings is 1. The van der Waals surface area contributed by atoms with Gasteiger partial charge in [-0.1, -0.05) is 35.9 Å². The van der Waals surface area contributed by atoms with Crippen molar-refractivity contribution in [2.24, 2.45) is 0 Å². The maximum absolute atomic E-state index is 12.6. The van der Waals surface area contributed by atoms with Crippen molar-refractivity contribution in [3.05, 3.63) is 70.2 Å². The lowest BCUT2D eigenvalue weighted by Gasteiger charge is -2.28. The van der Waals surface area contributed by atoms with Crippen molar-refractivity contribution in [3.63, 3.8) is 0 Å². The molecule has 0 unspecified atom stereocenters. The molecule has 0 saturated carbocycles. The van der Waals surface area contributed by atoms with Crippen LogP contribution in [-0.4, -0.2) is 36.4 Å². The molecule has 1 aliphatic rings. The van der Waals surface area contributed by atoms with Crippen LogP contribution in [-0.2, 0) is 11.3 Å². The van der Waals surface area contributed by atoms with E-state index in [-0.39, 0.29) is 11.8 Å². The Morgan fingerprint density at radius 1 is 1.20 bits per heavy atom. The van der Waals surface area contributed by atoms with Gasteiger partial charge in [0.25, 0.3) is 5.91 Å². The molecule has 30 heavy (non-hydrogen) atoms. The zero-order valence-electron chi connectivity index (χ0n) is 17.1. The topological polar surface area (TPSA) is 74.3 Å². The summed E-state index contributed by atoms with van der Waals surface area (Å²) in [6.45, 7) is 6.41. The Morgan fingerprint density at radius 2 is 2.00 bits per heavy atom. The van der Waals surface area contributed by atoms with Crippen LogP contribution in [0, 0.1) is 13.8 Å². The smallest absolute Gasteiger partial charge is 0.263 e. The van der Waals surface area contributed by atoms with Gasteiger partial charge in [-0.15, -0.1) is 11.3 Å². The molecule has 2 N–H and O–H groups in total. The molecule has 1 fully saturated rings. The molecule has 0 bridgehead atoms. The zero-order chi connectivity index (χ0) is 21.1. The predicted octanol–water partition coefficient (Wildman–Crippen LogP) is 3.29. The van der Waals surface area contributed by atoms with Crippen molar-refractivity contribution in [1.82, 2.24) is 15.6 Å². The second-order valence-corrected chi connectivity index (χ2v) is 8.50. The molecule has 3 aromatic rings. The maximum Gasteiger partial charge on any atom is 0.263 e. The average Bonchev–Trinajstić information content (AvgIpc) is 3.22. The van der Waals surface area contributed by atoms with Crippen LogP contribution >= 0.6 is 11.3 Å². The molecule has 0 atom stereocenters. The van der Waals surface area contributed by atoms with Crippen LogP contribution in [0.25, 0.3) is 10.6 Å². The van der Waals surface area contributed by atoms with E-state index in [0.717, 1.165) is 33.9 Å². The van der Waals surface area contributed by atoms with E-state index in [1.807, 2.05) is 29.2 Å². The Balaban J connectivity index is 1.37. The highest BCUT2D eigenvalue weighted by Crippen LogP contribution is 2.28. The molecule has 154 valence electrons. The van der Waals surface area contributed by atoms with Gasteiger partial charge in [0, 0.05) is 30.9 Å². The molecular formula is C23H24N4O2S. The first kappa shape index (κ1) is 20.1. The molecule has 4 rings (SSSR count). The van der Waals surface area contributed by atoms with Gasteiger partial charge in [-0.25, -0.2) is 4.98 Å². The molecule has 6 nitrogen and oxygen atoms in total. The van der Waals surface area contributed by atoms with Crippen molar-refractivity contribution in [2.45, 2.75) is 20.4 Å². The number of carbonyl (C=O) groups excluding carboxylic acids is 2. The SMILES string of the molecule is Cc1ccc(-c2ncc(C(=O)NCc3ccc(N4CCNC(=O)C4)cc3)s2)c(C)c1. The van der Waals surface area contributed by atoms with Crippen molar-refractivity contribution in [3.8, 4) is 10.6 Å². The Labute approximate surface area is 180 Å². The van der Waals surface area contributed by atoms with Gasteiger partial charge in [-0.2, -0.15) is 0 Å². The monoisotopic (exact) mass is 420 g/mol. The Bertz CT molecular complexity index is 1080. The number of nitrogens with one attached hydrogen (secondary N) is 2. The lowest BCUT2D eigenvalue weighted by atomic mass is 10.1. The third-order valence-electron chi connectivity index (χ3n) is 5.13. The fourth-order valence-electron chi connectivity index (χ4n) is 3.51. The minimum atomic E-state index is -0.125. The number of carbonyl (C=O) groups is 2. The standard InChI is InChI=1S/C23H24N4O2S/c1-15-3-8-19(16(2)11-15)23-26-13-20(30-23)22(29)25-12-17-4-6-18(7-5-17)27-10-9-24-21(28)14-27/h3-8,11,13H,9-10,12,14H2,1-2H3,(H,24,28)(H,25,29). The summed E-state index contributed by atoms with van der Waals surface area (Å²) < 4.78 is 0. The van der Waals surface area contributed by atoms with E-state index in [4.69, 9.17) is 0 Å². The Hall–Kier alpha value is -3.19. The number of thiazole rings is 1. The summed E-state index contributed by atoms with van der Waals surface area (Å²) in [5, 5.41) is 6.64. The van der Waals surface area contributed by atoms with Gasteiger partial charge in [0.1, 0.15) is 9.88 Å². The lowest BCUT2D eigenvalue weighted by molar-refractivity contribution is -0.120. The van der Waals surface area contributed by atoms with Crippen LogP contribution in [0.15, 0.2) is 48.7 Å². The largest absolute Gasteiger partial charge is 0.360 e. The molecule has 0 radical (unpaired) electrons. The molecule has 7 heteroatoms. The first-order chi connectivity index (χ1) is 14.5. The van der Waals surface area contributed by atoms with Gasteiger partial charge in [0.15, 0.2) is 0 Å². The Kier molecular flexibility index (Phi) is 5.81. The van der Waals surface area contributed by atoms with Crippen LogP contribution in [0.2, 0.25) is 0 Å². The number of hydrogen-bond donors (Lipinski definition) is 2. The summed E-state index contributed by atoms with van der Waals surface area (Å²) in [6.07, 6.45) is 1.64.